The van der Waals surface area contributed by atoms with Crippen LogP contribution in [0, 0.1) is 11.8 Å². The zero-order valence-electron chi connectivity index (χ0n) is 26.2. The Balaban J connectivity index is 1.40. The van der Waals surface area contributed by atoms with Crippen molar-refractivity contribution < 1.29 is 23.7 Å². The molecule has 5 nitrogen and oxygen atoms in total. The number of aliphatic hydroxyl groups is 1. The lowest BCUT2D eigenvalue weighted by molar-refractivity contribution is -0.0652. The predicted octanol–water partition coefficient (Wildman–Crippen LogP) is 7.90. The maximum absolute atomic E-state index is 11.1. The first-order chi connectivity index (χ1) is 18.4. The molecule has 2 heterocycles. The third kappa shape index (κ3) is 9.93. The van der Waals surface area contributed by atoms with Gasteiger partial charge in [-0.1, -0.05) is 78.3 Å². The lowest BCUT2D eigenvalue weighted by Crippen LogP contribution is -2.44. The van der Waals surface area contributed by atoms with Gasteiger partial charge in [-0.05, 0) is 68.6 Å². The molecule has 2 aliphatic rings. The van der Waals surface area contributed by atoms with E-state index in [0.29, 0.717) is 25.6 Å². The van der Waals surface area contributed by atoms with Crippen molar-refractivity contribution in [3.63, 3.8) is 0 Å². The maximum Gasteiger partial charge on any atom is 0.192 e. The first-order valence-corrected chi connectivity index (χ1v) is 18.6. The summed E-state index contributed by atoms with van der Waals surface area (Å²) in [6.45, 7) is 19.6. The molecule has 0 bridgehead atoms. The van der Waals surface area contributed by atoms with E-state index < -0.39 is 14.4 Å². The molecule has 2 fully saturated rings. The second kappa shape index (κ2) is 14.9. The van der Waals surface area contributed by atoms with Gasteiger partial charge in [-0.15, -0.1) is 0 Å². The van der Waals surface area contributed by atoms with Crippen LogP contribution in [0.5, 0.6) is 0 Å². The van der Waals surface area contributed by atoms with Crippen LogP contribution >= 0.6 is 0 Å². The minimum Gasteiger partial charge on any atom is -0.414 e. The molecule has 2 saturated heterocycles. The van der Waals surface area contributed by atoms with Crippen LogP contribution in [0.1, 0.15) is 98.5 Å². The SMILES string of the molecule is CCC[C@@H](C[C@@H]1CC[C@H]([C@@H](C)[C@H](O)C[C@@H]2CC[C@H]([C@@H](C)COCc3ccccc3)O2)O1)O[Si](C)(C)C(C)(C)C. The Morgan fingerprint density at radius 1 is 0.949 bits per heavy atom. The van der Waals surface area contributed by atoms with Crippen molar-refractivity contribution in [1.29, 1.82) is 0 Å². The topological polar surface area (TPSA) is 57.2 Å². The highest BCUT2D eigenvalue weighted by molar-refractivity contribution is 6.74. The Kier molecular flexibility index (Phi) is 12.5. The van der Waals surface area contributed by atoms with Crippen molar-refractivity contribution in [3.8, 4) is 0 Å². The summed E-state index contributed by atoms with van der Waals surface area (Å²) in [5.41, 5.74) is 1.20. The maximum atomic E-state index is 11.1. The smallest absolute Gasteiger partial charge is 0.192 e. The summed E-state index contributed by atoms with van der Waals surface area (Å²) < 4.78 is 25.7. The molecular formula is C33H58O5Si. The number of rotatable bonds is 15. The van der Waals surface area contributed by atoms with Crippen LogP contribution in [0.15, 0.2) is 30.3 Å². The van der Waals surface area contributed by atoms with Gasteiger partial charge in [0.2, 0.25) is 0 Å². The average molecular weight is 563 g/mol. The van der Waals surface area contributed by atoms with Gasteiger partial charge in [0, 0.05) is 17.9 Å². The third-order valence-electron chi connectivity index (χ3n) is 9.51. The monoisotopic (exact) mass is 562 g/mol. The summed E-state index contributed by atoms with van der Waals surface area (Å²) in [6, 6.07) is 10.3. The van der Waals surface area contributed by atoms with Gasteiger partial charge in [0.15, 0.2) is 8.32 Å². The van der Waals surface area contributed by atoms with Crippen molar-refractivity contribution in [2.45, 2.75) is 154 Å². The van der Waals surface area contributed by atoms with Gasteiger partial charge in [-0.25, -0.2) is 0 Å². The van der Waals surface area contributed by atoms with Crippen LogP contribution in [-0.4, -0.2) is 56.7 Å². The van der Waals surface area contributed by atoms with E-state index in [1.54, 1.807) is 0 Å². The standard InChI is InChI=1S/C33H58O5Si/c1-9-13-29(38-39(7,8)33(4,5)6)20-27-17-19-32(37-27)25(3)30(34)21-28-16-18-31(36-28)24(2)22-35-23-26-14-11-10-12-15-26/h10-12,14-15,24-25,27-32,34H,9,13,16-23H2,1-8H3/t24-,25-,27-,28-,29-,30+,31+,32+/m0/s1. The highest BCUT2D eigenvalue weighted by atomic mass is 28.4. The van der Waals surface area contributed by atoms with Crippen LogP contribution in [0.3, 0.4) is 0 Å². The number of aliphatic hydroxyl groups excluding tert-OH is 1. The van der Waals surface area contributed by atoms with Gasteiger partial charge in [-0.3, -0.25) is 0 Å². The normalized spacial score (nSPS) is 27.4. The van der Waals surface area contributed by atoms with Crippen molar-refractivity contribution in [2.24, 2.45) is 11.8 Å². The summed E-state index contributed by atoms with van der Waals surface area (Å²) in [4.78, 5) is 0. The van der Waals surface area contributed by atoms with E-state index in [1.807, 2.05) is 18.2 Å². The largest absolute Gasteiger partial charge is 0.414 e. The van der Waals surface area contributed by atoms with Gasteiger partial charge in [0.25, 0.3) is 0 Å². The van der Waals surface area contributed by atoms with Crippen molar-refractivity contribution in [1.82, 2.24) is 0 Å². The van der Waals surface area contributed by atoms with Gasteiger partial charge < -0.3 is 23.7 Å². The molecule has 0 spiro atoms. The molecule has 6 heteroatoms. The zero-order valence-corrected chi connectivity index (χ0v) is 27.2. The van der Waals surface area contributed by atoms with Gasteiger partial charge in [0.1, 0.15) is 0 Å². The van der Waals surface area contributed by atoms with Crippen LogP contribution in [-0.2, 0) is 25.2 Å². The fourth-order valence-electron chi connectivity index (χ4n) is 5.83. The van der Waals surface area contributed by atoms with E-state index in [4.69, 9.17) is 18.6 Å². The Hall–Kier alpha value is -0.763. The lowest BCUT2D eigenvalue weighted by Gasteiger charge is -2.40. The second-order valence-electron chi connectivity index (χ2n) is 13.9. The first kappa shape index (κ1) is 32.7. The van der Waals surface area contributed by atoms with E-state index in [-0.39, 0.29) is 41.5 Å². The molecule has 3 rings (SSSR count). The molecule has 0 aromatic heterocycles. The van der Waals surface area contributed by atoms with Crippen molar-refractivity contribution in [3.05, 3.63) is 35.9 Å². The van der Waals surface area contributed by atoms with Crippen LogP contribution in [0.25, 0.3) is 0 Å². The second-order valence-corrected chi connectivity index (χ2v) is 18.7. The minimum atomic E-state index is -1.81. The Morgan fingerprint density at radius 3 is 2.21 bits per heavy atom. The first-order valence-electron chi connectivity index (χ1n) is 15.7. The third-order valence-corrected chi connectivity index (χ3v) is 14.0. The van der Waals surface area contributed by atoms with E-state index >= 15 is 0 Å². The quantitative estimate of drug-likeness (QED) is 0.220. The Bertz CT molecular complexity index is 825. The summed E-state index contributed by atoms with van der Waals surface area (Å²) in [5, 5.41) is 11.3. The lowest BCUT2D eigenvalue weighted by atomic mass is 9.91. The highest BCUT2D eigenvalue weighted by Gasteiger charge is 2.41. The Morgan fingerprint density at radius 2 is 1.56 bits per heavy atom. The van der Waals surface area contributed by atoms with Crippen molar-refractivity contribution in [2.75, 3.05) is 6.61 Å². The van der Waals surface area contributed by atoms with E-state index in [2.05, 4.69) is 66.8 Å². The van der Waals surface area contributed by atoms with Gasteiger partial charge in [-0.2, -0.15) is 0 Å². The molecule has 0 aliphatic carbocycles. The minimum absolute atomic E-state index is 0.107. The van der Waals surface area contributed by atoms with Gasteiger partial charge >= 0.3 is 0 Å². The van der Waals surface area contributed by atoms with Crippen LogP contribution in [0.4, 0.5) is 0 Å². The number of hydrogen-bond acceptors (Lipinski definition) is 5. The molecule has 39 heavy (non-hydrogen) atoms. The summed E-state index contributed by atoms with van der Waals surface area (Å²) in [6.07, 6.45) is 8.53. The molecule has 1 aromatic carbocycles. The number of benzene rings is 1. The molecule has 0 amide bonds. The molecular weight excluding hydrogens is 504 g/mol. The average Bonchev–Trinajstić information content (AvgIpc) is 3.53. The van der Waals surface area contributed by atoms with E-state index in [0.717, 1.165) is 44.9 Å². The van der Waals surface area contributed by atoms with Gasteiger partial charge in [0.05, 0.1) is 43.7 Å². The number of hydrogen-bond donors (Lipinski definition) is 1. The predicted molar refractivity (Wildman–Crippen MR) is 162 cm³/mol. The molecule has 0 radical (unpaired) electrons. The molecule has 1 aromatic rings. The summed E-state index contributed by atoms with van der Waals surface area (Å²) >= 11 is 0. The fourth-order valence-corrected chi connectivity index (χ4v) is 7.23. The summed E-state index contributed by atoms with van der Waals surface area (Å²) in [5.74, 6) is 0.451. The molecule has 0 saturated carbocycles. The van der Waals surface area contributed by atoms with E-state index in [1.165, 1.54) is 5.56 Å². The highest BCUT2D eigenvalue weighted by Crippen LogP contribution is 2.39. The van der Waals surface area contributed by atoms with Crippen LogP contribution < -0.4 is 0 Å². The fraction of sp³-hybridized carbons (Fsp3) is 0.818. The molecule has 0 unspecified atom stereocenters. The summed E-state index contributed by atoms with van der Waals surface area (Å²) in [7, 11) is -1.81. The number of ether oxygens (including phenoxy) is 3. The van der Waals surface area contributed by atoms with Crippen LogP contribution in [0.2, 0.25) is 18.1 Å². The van der Waals surface area contributed by atoms with Crippen molar-refractivity contribution >= 4 is 8.32 Å². The molecule has 8 atom stereocenters. The molecule has 2 aliphatic heterocycles. The molecule has 1 N–H and O–H groups in total. The van der Waals surface area contributed by atoms with E-state index in [9.17, 15) is 5.11 Å². The Labute approximate surface area is 240 Å². The zero-order chi connectivity index (χ0) is 28.6. The molecule has 224 valence electrons.